The average molecular weight is 276 g/mol. The summed E-state index contributed by atoms with van der Waals surface area (Å²) in [5, 5.41) is 12.8. The molecule has 0 spiro atoms. The highest BCUT2D eigenvalue weighted by Crippen LogP contribution is 2.34. The molecule has 1 aromatic rings. The lowest BCUT2D eigenvalue weighted by atomic mass is 9.88. The van der Waals surface area contributed by atoms with Crippen LogP contribution in [-0.2, 0) is 11.3 Å². The van der Waals surface area contributed by atoms with Crippen molar-refractivity contribution in [2.24, 2.45) is 5.92 Å². The number of phenols is 1. The molecule has 1 aromatic carbocycles. The number of nitrogens with one attached hydrogen (secondary N) is 1. The molecule has 3 rings (SSSR count). The first-order valence-corrected chi connectivity index (χ1v) is 7.03. The number of cyclic esters (lactones) is 1. The Morgan fingerprint density at radius 2 is 2.40 bits per heavy atom. The summed E-state index contributed by atoms with van der Waals surface area (Å²) in [6.45, 7) is 5.00. The van der Waals surface area contributed by atoms with Crippen molar-refractivity contribution in [2.45, 2.75) is 25.5 Å². The fraction of sp³-hybridized carbons (Fsp3) is 0.533. The van der Waals surface area contributed by atoms with Crippen molar-refractivity contribution < 1.29 is 14.6 Å². The number of hydrogen-bond donors (Lipinski definition) is 2. The number of benzene rings is 1. The van der Waals surface area contributed by atoms with E-state index in [9.17, 15) is 9.90 Å². The van der Waals surface area contributed by atoms with E-state index in [1.807, 2.05) is 13.0 Å². The van der Waals surface area contributed by atoms with E-state index in [4.69, 9.17) is 4.74 Å². The van der Waals surface area contributed by atoms with E-state index in [0.29, 0.717) is 19.0 Å². The molecule has 2 aliphatic heterocycles. The maximum absolute atomic E-state index is 12.1. The first kappa shape index (κ1) is 13.2. The quantitative estimate of drug-likeness (QED) is 0.882. The third-order valence-electron chi connectivity index (χ3n) is 4.29. The molecule has 2 saturated heterocycles. The van der Waals surface area contributed by atoms with Crippen LogP contribution in [0.1, 0.15) is 18.9 Å². The molecular formula is C15H20N2O3. The summed E-state index contributed by atoms with van der Waals surface area (Å²) >= 11 is 0. The van der Waals surface area contributed by atoms with E-state index in [-0.39, 0.29) is 11.8 Å². The molecule has 5 heteroatoms. The van der Waals surface area contributed by atoms with Crippen LogP contribution < -0.4 is 5.32 Å². The van der Waals surface area contributed by atoms with Crippen molar-refractivity contribution in [2.75, 3.05) is 19.6 Å². The number of hydrogen-bond acceptors (Lipinski definition) is 4. The summed E-state index contributed by atoms with van der Waals surface area (Å²) in [5.41, 5.74) is 0.507. The molecule has 2 fully saturated rings. The van der Waals surface area contributed by atoms with E-state index in [2.05, 4.69) is 5.32 Å². The molecule has 0 aromatic heterocycles. The van der Waals surface area contributed by atoms with E-state index >= 15 is 0 Å². The van der Waals surface area contributed by atoms with Gasteiger partial charge in [0.1, 0.15) is 11.4 Å². The topological polar surface area (TPSA) is 61.8 Å². The maximum atomic E-state index is 12.1. The molecule has 2 aliphatic rings. The Labute approximate surface area is 118 Å². The van der Waals surface area contributed by atoms with Gasteiger partial charge < -0.3 is 15.2 Å². The molecule has 2 unspecified atom stereocenters. The summed E-state index contributed by atoms with van der Waals surface area (Å²) in [6.07, 6.45) is 0.784. The number of aromatic hydroxyl groups is 1. The number of carbonyl (C=O) groups is 1. The van der Waals surface area contributed by atoms with Gasteiger partial charge in [-0.3, -0.25) is 4.90 Å². The third kappa shape index (κ3) is 2.45. The smallest absolute Gasteiger partial charge is 0.410 e. The van der Waals surface area contributed by atoms with E-state index in [1.165, 1.54) is 0 Å². The lowest BCUT2D eigenvalue weighted by Crippen LogP contribution is -2.40. The van der Waals surface area contributed by atoms with Crippen molar-refractivity contribution in [3.63, 3.8) is 0 Å². The number of nitrogens with zero attached hydrogens (tertiary/aromatic N) is 1. The second kappa shape index (κ2) is 4.98. The summed E-state index contributed by atoms with van der Waals surface area (Å²) in [4.78, 5) is 13.8. The standard InChI is InChI=1S/C15H20N2O3/c1-15(12-5-6-16-8-12)10-17(14(19)20-15)9-11-3-2-4-13(18)7-11/h2-4,7,12,16,18H,5-6,8-10H2,1H3. The van der Waals surface area contributed by atoms with Gasteiger partial charge in [-0.1, -0.05) is 12.1 Å². The van der Waals surface area contributed by atoms with Crippen molar-refractivity contribution in [3.05, 3.63) is 29.8 Å². The molecule has 20 heavy (non-hydrogen) atoms. The third-order valence-corrected chi connectivity index (χ3v) is 4.29. The Kier molecular flexibility index (Phi) is 3.30. The van der Waals surface area contributed by atoms with Crippen molar-refractivity contribution in [1.82, 2.24) is 10.2 Å². The Balaban J connectivity index is 1.70. The minimum atomic E-state index is -0.405. The predicted octanol–water partition coefficient (Wildman–Crippen LogP) is 1.71. The first-order chi connectivity index (χ1) is 9.57. The van der Waals surface area contributed by atoms with Crippen molar-refractivity contribution in [1.29, 1.82) is 0 Å². The number of amides is 1. The summed E-state index contributed by atoms with van der Waals surface area (Å²) in [7, 11) is 0. The van der Waals surface area contributed by atoms with Crippen LogP contribution in [0.2, 0.25) is 0 Å². The van der Waals surface area contributed by atoms with Crippen molar-refractivity contribution in [3.8, 4) is 5.75 Å². The van der Waals surface area contributed by atoms with Gasteiger partial charge in [-0.15, -0.1) is 0 Å². The second-order valence-electron chi connectivity index (χ2n) is 5.90. The second-order valence-corrected chi connectivity index (χ2v) is 5.90. The average Bonchev–Trinajstić information content (AvgIpc) is 3.00. The lowest BCUT2D eigenvalue weighted by Gasteiger charge is -2.28. The monoisotopic (exact) mass is 276 g/mol. The Morgan fingerprint density at radius 3 is 3.10 bits per heavy atom. The van der Waals surface area contributed by atoms with Crippen LogP contribution in [0.4, 0.5) is 4.79 Å². The number of ether oxygens (including phenoxy) is 1. The van der Waals surface area contributed by atoms with Crippen LogP contribution >= 0.6 is 0 Å². The van der Waals surface area contributed by atoms with Crippen LogP contribution in [-0.4, -0.2) is 41.3 Å². The van der Waals surface area contributed by atoms with Gasteiger partial charge in [0.05, 0.1) is 6.54 Å². The molecule has 0 radical (unpaired) electrons. The van der Waals surface area contributed by atoms with Gasteiger partial charge in [0.15, 0.2) is 0 Å². The molecule has 1 amide bonds. The van der Waals surface area contributed by atoms with Gasteiger partial charge in [0.25, 0.3) is 0 Å². The molecule has 0 aliphatic carbocycles. The van der Waals surface area contributed by atoms with Gasteiger partial charge in [0.2, 0.25) is 0 Å². The normalized spacial score (nSPS) is 29.8. The Morgan fingerprint density at radius 1 is 1.55 bits per heavy atom. The minimum absolute atomic E-state index is 0.220. The molecule has 0 saturated carbocycles. The fourth-order valence-electron chi connectivity index (χ4n) is 3.12. The summed E-state index contributed by atoms with van der Waals surface area (Å²) in [5.74, 6) is 0.596. The Bertz CT molecular complexity index is 514. The van der Waals surface area contributed by atoms with E-state index < -0.39 is 5.60 Å². The Hall–Kier alpha value is -1.75. The van der Waals surface area contributed by atoms with Gasteiger partial charge in [0, 0.05) is 19.0 Å². The predicted molar refractivity (Wildman–Crippen MR) is 74.4 cm³/mol. The minimum Gasteiger partial charge on any atom is -0.508 e. The number of phenolic OH excluding ortho intramolecular Hbond substituents is 1. The van der Waals surface area contributed by atoms with Gasteiger partial charge in [-0.25, -0.2) is 4.79 Å². The molecule has 5 nitrogen and oxygen atoms in total. The van der Waals surface area contributed by atoms with Crippen LogP contribution in [0.3, 0.4) is 0 Å². The van der Waals surface area contributed by atoms with Gasteiger partial charge >= 0.3 is 6.09 Å². The number of carbonyl (C=O) groups excluding carboxylic acids is 1. The number of rotatable bonds is 3. The summed E-state index contributed by atoms with van der Waals surface area (Å²) < 4.78 is 5.63. The lowest BCUT2D eigenvalue weighted by molar-refractivity contribution is 0.0287. The molecule has 2 heterocycles. The molecule has 2 N–H and O–H groups in total. The van der Waals surface area contributed by atoms with E-state index in [0.717, 1.165) is 25.1 Å². The van der Waals surface area contributed by atoms with Crippen LogP contribution in [0, 0.1) is 5.92 Å². The van der Waals surface area contributed by atoms with Crippen LogP contribution in [0.5, 0.6) is 5.75 Å². The van der Waals surface area contributed by atoms with Gasteiger partial charge in [-0.05, 0) is 37.6 Å². The summed E-state index contributed by atoms with van der Waals surface area (Å²) in [6, 6.07) is 6.99. The van der Waals surface area contributed by atoms with Gasteiger partial charge in [-0.2, -0.15) is 0 Å². The first-order valence-electron chi connectivity index (χ1n) is 7.03. The van der Waals surface area contributed by atoms with Crippen LogP contribution in [0.25, 0.3) is 0 Å². The highest BCUT2D eigenvalue weighted by molar-refractivity contribution is 5.70. The zero-order valence-electron chi connectivity index (χ0n) is 11.6. The largest absolute Gasteiger partial charge is 0.508 e. The SMILES string of the molecule is CC1(C2CCNC2)CN(Cc2cccc(O)c2)C(=O)O1. The maximum Gasteiger partial charge on any atom is 0.410 e. The molecule has 0 bridgehead atoms. The van der Waals surface area contributed by atoms with Crippen LogP contribution in [0.15, 0.2) is 24.3 Å². The zero-order valence-corrected chi connectivity index (χ0v) is 11.6. The highest BCUT2D eigenvalue weighted by atomic mass is 16.6. The fourth-order valence-corrected chi connectivity index (χ4v) is 3.12. The molecule has 2 atom stereocenters. The molecular weight excluding hydrogens is 256 g/mol. The highest BCUT2D eigenvalue weighted by Gasteiger charge is 2.47. The zero-order chi connectivity index (χ0) is 14.2. The van der Waals surface area contributed by atoms with E-state index in [1.54, 1.807) is 23.1 Å². The van der Waals surface area contributed by atoms with Crippen molar-refractivity contribution >= 4 is 6.09 Å². The molecule has 108 valence electrons.